The molecule has 0 aromatic rings. The summed E-state index contributed by atoms with van der Waals surface area (Å²) in [5.74, 6) is -1.52. The Labute approximate surface area is 144 Å². The van der Waals surface area contributed by atoms with Crippen molar-refractivity contribution in [3.05, 3.63) is 12.7 Å². The van der Waals surface area contributed by atoms with Crippen molar-refractivity contribution < 1.29 is 23.9 Å². The summed E-state index contributed by atoms with van der Waals surface area (Å²) in [4.78, 5) is 34.2. The first-order valence-corrected chi connectivity index (χ1v) is 8.09. The van der Waals surface area contributed by atoms with Crippen LogP contribution in [0.4, 0.5) is 0 Å². The zero-order chi connectivity index (χ0) is 19.2. The van der Waals surface area contributed by atoms with Crippen LogP contribution in [0.1, 0.15) is 53.9 Å². The molecule has 0 spiro atoms. The van der Waals surface area contributed by atoms with Crippen LogP contribution in [0.2, 0.25) is 0 Å². The Balaban J connectivity index is 0. The fourth-order valence-electron chi connectivity index (χ4n) is 1.29. The molecule has 0 unspecified atom stereocenters. The molecule has 0 saturated carbocycles. The highest BCUT2D eigenvalue weighted by Crippen LogP contribution is 2.09. The minimum Gasteiger partial charge on any atom is -0.460 e. The lowest BCUT2D eigenvalue weighted by atomic mass is 10.1. The van der Waals surface area contributed by atoms with Gasteiger partial charge in [0.05, 0.1) is 6.04 Å². The second kappa shape index (κ2) is 13.5. The number of amides is 1. The summed E-state index contributed by atoms with van der Waals surface area (Å²) < 4.78 is 9.79. The highest BCUT2D eigenvalue weighted by molar-refractivity contribution is 5.85. The molecule has 0 saturated heterocycles. The van der Waals surface area contributed by atoms with Crippen molar-refractivity contribution in [3.8, 4) is 0 Å². The minimum atomic E-state index is -0.885. The first-order chi connectivity index (χ1) is 11.1. The predicted octanol–water partition coefficient (Wildman–Crippen LogP) is 1.70. The van der Waals surface area contributed by atoms with Gasteiger partial charge in [-0.15, -0.1) is 0 Å². The lowest BCUT2D eigenvalue weighted by Crippen LogP contribution is -2.43. The van der Waals surface area contributed by atoms with Gasteiger partial charge in [0.15, 0.2) is 0 Å². The van der Waals surface area contributed by atoms with E-state index in [9.17, 15) is 14.4 Å². The Morgan fingerprint density at radius 3 is 2.21 bits per heavy atom. The van der Waals surface area contributed by atoms with Crippen LogP contribution < -0.4 is 11.1 Å². The number of carbonyl (C=O) groups excluding carboxylic acids is 3. The molecule has 140 valence electrons. The molecule has 0 aliphatic heterocycles. The van der Waals surface area contributed by atoms with Crippen molar-refractivity contribution in [1.29, 1.82) is 0 Å². The van der Waals surface area contributed by atoms with Gasteiger partial charge in [-0.25, -0.2) is 0 Å². The van der Waals surface area contributed by atoms with Crippen LogP contribution in [0.5, 0.6) is 0 Å². The van der Waals surface area contributed by atoms with Gasteiger partial charge in [0.25, 0.3) is 0 Å². The molecular weight excluding hydrogens is 312 g/mol. The van der Waals surface area contributed by atoms with Crippen LogP contribution in [0.3, 0.4) is 0 Å². The van der Waals surface area contributed by atoms with Gasteiger partial charge in [0.2, 0.25) is 5.91 Å². The summed E-state index contributed by atoms with van der Waals surface area (Å²) in [6, 6.07) is -0.885. The molecule has 0 aromatic heterocycles. The lowest BCUT2D eigenvalue weighted by Gasteiger charge is -2.20. The molecule has 0 fully saturated rings. The lowest BCUT2D eigenvalue weighted by molar-refractivity contribution is -0.155. The summed E-state index contributed by atoms with van der Waals surface area (Å²) >= 11 is 0. The van der Waals surface area contributed by atoms with Gasteiger partial charge in [0, 0.05) is 6.42 Å². The number of hydrogen-bond donors (Lipinski definition) is 2. The molecule has 0 aromatic carbocycles. The zero-order valence-electron chi connectivity index (χ0n) is 15.5. The topological polar surface area (TPSA) is 108 Å². The molecule has 0 aliphatic rings. The van der Waals surface area contributed by atoms with Gasteiger partial charge in [-0.1, -0.05) is 32.9 Å². The first-order valence-electron chi connectivity index (χ1n) is 8.09. The van der Waals surface area contributed by atoms with Gasteiger partial charge in [-0.3, -0.25) is 14.4 Å². The molecule has 7 heteroatoms. The summed E-state index contributed by atoms with van der Waals surface area (Å²) in [7, 11) is 0. The Hall–Kier alpha value is -1.89. The van der Waals surface area contributed by atoms with Crippen molar-refractivity contribution >= 4 is 17.8 Å². The number of hydrogen-bond acceptors (Lipinski definition) is 6. The summed E-state index contributed by atoms with van der Waals surface area (Å²) in [5.41, 5.74) is 5.06. The highest BCUT2D eigenvalue weighted by atomic mass is 16.6. The normalized spacial score (nSPS) is 11.4. The molecule has 24 heavy (non-hydrogen) atoms. The largest absolute Gasteiger partial charge is 0.460 e. The fourth-order valence-corrected chi connectivity index (χ4v) is 1.29. The standard InChI is InChI=1S/C14H24N2O5.C3H8/c1-5-8-20-12(18)9-16-13(19)10(15)6-7-11(17)21-14(2,3)4;1-3-2/h5,10H,1,6-9,15H2,2-4H3,(H,16,19);3H2,1-2H3/t10-;/m0./s1. The maximum Gasteiger partial charge on any atom is 0.325 e. The fraction of sp³-hybridized carbons (Fsp3) is 0.706. The summed E-state index contributed by atoms with van der Waals surface area (Å²) in [6.45, 7) is 12.7. The van der Waals surface area contributed by atoms with Crippen molar-refractivity contribution in [1.82, 2.24) is 5.32 Å². The molecule has 0 radical (unpaired) electrons. The number of esters is 2. The second-order valence-electron chi connectivity index (χ2n) is 6.13. The van der Waals surface area contributed by atoms with Crippen molar-refractivity contribution in [2.24, 2.45) is 5.73 Å². The van der Waals surface area contributed by atoms with E-state index in [1.165, 1.54) is 12.5 Å². The van der Waals surface area contributed by atoms with Crippen LogP contribution in [0.25, 0.3) is 0 Å². The van der Waals surface area contributed by atoms with E-state index >= 15 is 0 Å². The Bertz CT molecular complexity index is 402. The number of ether oxygens (including phenoxy) is 2. The number of carbonyl (C=O) groups is 3. The average molecular weight is 344 g/mol. The molecule has 1 atom stereocenters. The van der Waals surface area contributed by atoms with Crippen LogP contribution in [-0.4, -0.2) is 42.6 Å². The molecule has 0 heterocycles. The molecule has 0 bridgehead atoms. The van der Waals surface area contributed by atoms with Crippen LogP contribution in [0.15, 0.2) is 12.7 Å². The van der Waals surface area contributed by atoms with Gasteiger partial charge >= 0.3 is 11.9 Å². The SMILES string of the molecule is C=CCOC(=O)CNC(=O)[C@@H](N)CCC(=O)OC(C)(C)C.CCC. The molecule has 3 N–H and O–H groups in total. The predicted molar refractivity (Wildman–Crippen MR) is 93.2 cm³/mol. The maximum absolute atomic E-state index is 11.6. The smallest absolute Gasteiger partial charge is 0.325 e. The van der Waals surface area contributed by atoms with E-state index in [0.29, 0.717) is 0 Å². The summed E-state index contributed by atoms with van der Waals surface area (Å²) in [6.07, 6.45) is 2.85. The van der Waals surface area contributed by atoms with E-state index < -0.39 is 29.5 Å². The maximum atomic E-state index is 11.6. The third-order valence-corrected chi connectivity index (χ3v) is 2.19. The Morgan fingerprint density at radius 2 is 1.75 bits per heavy atom. The Kier molecular flexibility index (Phi) is 13.7. The Morgan fingerprint density at radius 1 is 1.21 bits per heavy atom. The van der Waals surface area contributed by atoms with Crippen molar-refractivity contribution in [2.75, 3.05) is 13.2 Å². The van der Waals surface area contributed by atoms with Gasteiger partial charge in [0.1, 0.15) is 18.8 Å². The van der Waals surface area contributed by atoms with E-state index in [2.05, 4.69) is 30.5 Å². The monoisotopic (exact) mass is 344 g/mol. The van der Waals surface area contributed by atoms with E-state index in [-0.39, 0.29) is 26.0 Å². The van der Waals surface area contributed by atoms with Gasteiger partial charge in [-0.2, -0.15) is 0 Å². The quantitative estimate of drug-likeness (QED) is 0.512. The van der Waals surface area contributed by atoms with Crippen molar-refractivity contribution in [2.45, 2.75) is 65.5 Å². The van der Waals surface area contributed by atoms with E-state index in [1.807, 2.05) is 0 Å². The molecule has 0 aliphatic carbocycles. The van der Waals surface area contributed by atoms with E-state index in [1.54, 1.807) is 20.8 Å². The third kappa shape index (κ3) is 16.5. The average Bonchev–Trinajstić information content (AvgIpc) is 2.47. The van der Waals surface area contributed by atoms with E-state index in [0.717, 1.165) is 0 Å². The minimum absolute atomic E-state index is 0.0345. The third-order valence-electron chi connectivity index (χ3n) is 2.19. The van der Waals surface area contributed by atoms with E-state index in [4.69, 9.17) is 10.5 Å². The highest BCUT2D eigenvalue weighted by Gasteiger charge is 2.20. The number of nitrogens with two attached hydrogens (primary N) is 1. The summed E-state index contributed by atoms with van der Waals surface area (Å²) in [5, 5.41) is 2.34. The van der Waals surface area contributed by atoms with Crippen LogP contribution in [-0.2, 0) is 23.9 Å². The molecule has 7 nitrogen and oxygen atoms in total. The van der Waals surface area contributed by atoms with Gasteiger partial charge < -0.3 is 20.5 Å². The molecule has 1 amide bonds. The first kappa shape index (κ1) is 24.4. The zero-order valence-corrected chi connectivity index (χ0v) is 15.5. The molecule has 0 rings (SSSR count). The van der Waals surface area contributed by atoms with Crippen LogP contribution >= 0.6 is 0 Å². The van der Waals surface area contributed by atoms with Crippen LogP contribution in [0, 0.1) is 0 Å². The number of rotatable bonds is 8. The molecular formula is C17H32N2O5. The van der Waals surface area contributed by atoms with Gasteiger partial charge in [-0.05, 0) is 27.2 Å². The van der Waals surface area contributed by atoms with Crippen molar-refractivity contribution in [3.63, 3.8) is 0 Å². The number of nitrogens with one attached hydrogen (secondary N) is 1. The second-order valence-corrected chi connectivity index (χ2v) is 6.13.